The molecule has 0 unspecified atom stereocenters. The highest BCUT2D eigenvalue weighted by atomic mass is 16.6. The standard InChI is InChI=1S/C13H20O4/c1-6-10(7-2)13(5,11(14)16-8-3)12(15)17-9-4/h6-7H,1,8-9H2,2-5H3/b10-7-. The summed E-state index contributed by atoms with van der Waals surface area (Å²) in [5, 5.41) is 0. The lowest BCUT2D eigenvalue weighted by atomic mass is 9.81. The van der Waals surface area contributed by atoms with E-state index in [-0.39, 0.29) is 13.2 Å². The molecule has 0 heterocycles. The van der Waals surface area contributed by atoms with Gasteiger partial charge < -0.3 is 9.47 Å². The fourth-order valence-electron chi connectivity index (χ4n) is 1.48. The van der Waals surface area contributed by atoms with Gasteiger partial charge in [-0.3, -0.25) is 9.59 Å². The number of rotatable bonds is 6. The second-order valence-electron chi connectivity index (χ2n) is 3.51. The predicted octanol–water partition coefficient (Wildman–Crippen LogP) is 2.25. The summed E-state index contributed by atoms with van der Waals surface area (Å²) in [4.78, 5) is 23.9. The molecule has 0 saturated heterocycles. The molecule has 4 heteroatoms. The van der Waals surface area contributed by atoms with Crippen molar-refractivity contribution in [2.45, 2.75) is 27.7 Å². The van der Waals surface area contributed by atoms with Gasteiger partial charge in [-0.15, -0.1) is 0 Å². The van der Waals surface area contributed by atoms with Gasteiger partial charge in [-0.25, -0.2) is 0 Å². The fourth-order valence-corrected chi connectivity index (χ4v) is 1.48. The van der Waals surface area contributed by atoms with E-state index in [2.05, 4.69) is 6.58 Å². The van der Waals surface area contributed by atoms with Crippen molar-refractivity contribution in [3.8, 4) is 0 Å². The van der Waals surface area contributed by atoms with E-state index in [1.807, 2.05) is 0 Å². The van der Waals surface area contributed by atoms with E-state index < -0.39 is 17.4 Å². The van der Waals surface area contributed by atoms with Crippen molar-refractivity contribution >= 4 is 11.9 Å². The molecular formula is C13H20O4. The lowest BCUT2D eigenvalue weighted by Crippen LogP contribution is -2.40. The van der Waals surface area contributed by atoms with Crippen LogP contribution in [0.15, 0.2) is 24.3 Å². The molecule has 0 N–H and O–H groups in total. The average Bonchev–Trinajstić information content (AvgIpc) is 2.30. The lowest BCUT2D eigenvalue weighted by molar-refractivity contribution is -0.167. The highest BCUT2D eigenvalue weighted by Gasteiger charge is 2.46. The molecule has 0 fully saturated rings. The van der Waals surface area contributed by atoms with Crippen molar-refractivity contribution in [3.63, 3.8) is 0 Å². The minimum Gasteiger partial charge on any atom is -0.465 e. The second-order valence-corrected chi connectivity index (χ2v) is 3.51. The minimum atomic E-state index is -1.44. The van der Waals surface area contributed by atoms with Crippen molar-refractivity contribution in [3.05, 3.63) is 24.3 Å². The molecule has 4 nitrogen and oxygen atoms in total. The van der Waals surface area contributed by atoms with Crippen LogP contribution in [0.1, 0.15) is 27.7 Å². The van der Waals surface area contributed by atoms with Gasteiger partial charge in [0, 0.05) is 0 Å². The SMILES string of the molecule is C=C/C(=C/C)C(C)(C(=O)OCC)C(=O)OCC. The summed E-state index contributed by atoms with van der Waals surface area (Å²) in [5.74, 6) is -1.24. The smallest absolute Gasteiger partial charge is 0.327 e. The summed E-state index contributed by atoms with van der Waals surface area (Å²) in [6.45, 7) is 10.6. The molecule has 0 aromatic carbocycles. The Morgan fingerprint density at radius 1 is 1.18 bits per heavy atom. The van der Waals surface area contributed by atoms with Gasteiger partial charge in [0.2, 0.25) is 0 Å². The van der Waals surface area contributed by atoms with Crippen molar-refractivity contribution in [1.29, 1.82) is 0 Å². The monoisotopic (exact) mass is 240 g/mol. The van der Waals surface area contributed by atoms with E-state index >= 15 is 0 Å². The quantitative estimate of drug-likeness (QED) is 0.406. The van der Waals surface area contributed by atoms with Crippen LogP contribution in [-0.4, -0.2) is 25.2 Å². The lowest BCUT2D eigenvalue weighted by Gasteiger charge is -2.26. The zero-order chi connectivity index (χ0) is 13.5. The number of hydrogen-bond donors (Lipinski definition) is 0. The Labute approximate surface area is 102 Å². The average molecular weight is 240 g/mol. The van der Waals surface area contributed by atoms with Crippen LogP contribution in [-0.2, 0) is 19.1 Å². The molecule has 0 bridgehead atoms. The van der Waals surface area contributed by atoms with Gasteiger partial charge >= 0.3 is 11.9 Å². The Morgan fingerprint density at radius 3 is 1.82 bits per heavy atom. The molecule has 0 radical (unpaired) electrons. The summed E-state index contributed by atoms with van der Waals surface area (Å²) in [6, 6.07) is 0. The second kappa shape index (κ2) is 6.89. The number of esters is 2. The maximum atomic E-state index is 11.9. The highest BCUT2D eigenvalue weighted by Crippen LogP contribution is 2.31. The maximum Gasteiger partial charge on any atom is 0.327 e. The topological polar surface area (TPSA) is 52.6 Å². The fraction of sp³-hybridized carbons (Fsp3) is 0.538. The Morgan fingerprint density at radius 2 is 1.59 bits per heavy atom. The minimum absolute atomic E-state index is 0.210. The highest BCUT2D eigenvalue weighted by molar-refractivity contribution is 6.03. The Balaban J connectivity index is 5.42. The predicted molar refractivity (Wildman–Crippen MR) is 65.3 cm³/mol. The molecule has 0 aliphatic heterocycles. The number of hydrogen-bond acceptors (Lipinski definition) is 4. The van der Waals surface area contributed by atoms with Gasteiger partial charge in [0.1, 0.15) is 0 Å². The molecule has 0 amide bonds. The van der Waals surface area contributed by atoms with E-state index in [0.717, 1.165) is 0 Å². The van der Waals surface area contributed by atoms with Crippen LogP contribution >= 0.6 is 0 Å². The molecule has 0 aromatic heterocycles. The number of carbonyl (C=O) groups excluding carboxylic acids is 2. The zero-order valence-corrected chi connectivity index (χ0v) is 10.9. The van der Waals surface area contributed by atoms with E-state index in [1.165, 1.54) is 13.0 Å². The van der Waals surface area contributed by atoms with E-state index in [4.69, 9.17) is 9.47 Å². The van der Waals surface area contributed by atoms with E-state index in [9.17, 15) is 9.59 Å². The van der Waals surface area contributed by atoms with Gasteiger partial charge in [0.15, 0.2) is 5.41 Å². The van der Waals surface area contributed by atoms with Crippen molar-refractivity contribution in [1.82, 2.24) is 0 Å². The first-order valence-electron chi connectivity index (χ1n) is 5.62. The van der Waals surface area contributed by atoms with Crippen LogP contribution < -0.4 is 0 Å². The molecule has 17 heavy (non-hydrogen) atoms. The van der Waals surface area contributed by atoms with Gasteiger partial charge in [-0.05, 0) is 33.3 Å². The molecule has 0 aliphatic rings. The van der Waals surface area contributed by atoms with Gasteiger partial charge in [0.05, 0.1) is 13.2 Å². The molecule has 96 valence electrons. The number of ether oxygens (including phenoxy) is 2. The van der Waals surface area contributed by atoms with Crippen molar-refractivity contribution in [2.75, 3.05) is 13.2 Å². The maximum absolute atomic E-state index is 11.9. The summed E-state index contributed by atoms with van der Waals surface area (Å²) >= 11 is 0. The van der Waals surface area contributed by atoms with E-state index in [1.54, 1.807) is 26.8 Å². The van der Waals surface area contributed by atoms with Crippen molar-refractivity contribution < 1.29 is 19.1 Å². The number of allylic oxidation sites excluding steroid dienone is 2. The molecule has 0 saturated carbocycles. The summed E-state index contributed by atoms with van der Waals surface area (Å²) in [6.07, 6.45) is 3.12. The zero-order valence-electron chi connectivity index (χ0n) is 10.9. The summed E-state index contributed by atoms with van der Waals surface area (Å²) in [7, 11) is 0. The molecule has 0 atom stereocenters. The van der Waals surface area contributed by atoms with Crippen LogP contribution in [0.5, 0.6) is 0 Å². The Bertz CT molecular complexity index is 310. The van der Waals surface area contributed by atoms with Crippen LogP contribution in [0.4, 0.5) is 0 Å². The van der Waals surface area contributed by atoms with Crippen LogP contribution in [0.3, 0.4) is 0 Å². The summed E-state index contributed by atoms with van der Waals surface area (Å²) < 4.78 is 9.86. The normalized spacial score (nSPS) is 11.9. The van der Waals surface area contributed by atoms with Crippen LogP contribution in [0.2, 0.25) is 0 Å². The molecule has 0 rings (SSSR count). The molecule has 0 spiro atoms. The van der Waals surface area contributed by atoms with Crippen LogP contribution in [0.25, 0.3) is 0 Å². The number of carbonyl (C=O) groups is 2. The largest absolute Gasteiger partial charge is 0.465 e. The van der Waals surface area contributed by atoms with Gasteiger partial charge in [-0.1, -0.05) is 18.7 Å². The van der Waals surface area contributed by atoms with E-state index in [0.29, 0.717) is 5.57 Å². The Kier molecular flexibility index (Phi) is 6.25. The third-order valence-electron chi connectivity index (χ3n) is 2.48. The third kappa shape index (κ3) is 3.19. The summed E-state index contributed by atoms with van der Waals surface area (Å²) in [5.41, 5.74) is -0.961. The molecule has 0 aliphatic carbocycles. The van der Waals surface area contributed by atoms with Gasteiger partial charge in [0.25, 0.3) is 0 Å². The first-order valence-corrected chi connectivity index (χ1v) is 5.62. The Hall–Kier alpha value is -1.58. The third-order valence-corrected chi connectivity index (χ3v) is 2.48. The van der Waals surface area contributed by atoms with Crippen LogP contribution in [0, 0.1) is 5.41 Å². The van der Waals surface area contributed by atoms with Gasteiger partial charge in [-0.2, -0.15) is 0 Å². The molecule has 0 aromatic rings. The molecular weight excluding hydrogens is 220 g/mol. The van der Waals surface area contributed by atoms with Crippen molar-refractivity contribution in [2.24, 2.45) is 5.41 Å². The first kappa shape index (κ1) is 15.4. The first-order chi connectivity index (χ1) is 7.98.